The van der Waals surface area contributed by atoms with Gasteiger partial charge in [-0.3, -0.25) is 4.79 Å². The van der Waals surface area contributed by atoms with Crippen molar-refractivity contribution in [2.75, 3.05) is 0 Å². The van der Waals surface area contributed by atoms with Gasteiger partial charge in [-0.05, 0) is 59.7 Å². The number of nitrogens with zero attached hydrogens (tertiary/aromatic N) is 1. The number of ether oxygens (including phenoxy) is 2. The molecule has 0 aliphatic heterocycles. The highest BCUT2D eigenvalue weighted by Gasteiger charge is 2.16. The summed E-state index contributed by atoms with van der Waals surface area (Å²) in [5, 5.41) is 6.80. The number of benzene rings is 4. The first-order valence-corrected chi connectivity index (χ1v) is 11.5. The number of hydrogen-bond acceptors (Lipinski definition) is 4. The number of hydrazone groups is 1. The molecular weight excluding hydrogens is 490 g/mol. The van der Waals surface area contributed by atoms with Crippen molar-refractivity contribution in [3.63, 3.8) is 0 Å². The fraction of sp³-hybridized carbons (Fsp3) is 0.111. The SMILES string of the molecule is C[C@H](Oc1ccc(Cl)cc1Cl)C(=O)N/N=C\c1c(OCc2ccc(F)cc2)ccc2ccccc12. The Morgan fingerprint density at radius 1 is 1.03 bits per heavy atom. The Morgan fingerprint density at radius 3 is 2.54 bits per heavy atom. The molecule has 0 saturated carbocycles. The van der Waals surface area contributed by atoms with Crippen molar-refractivity contribution >= 4 is 46.1 Å². The van der Waals surface area contributed by atoms with Crippen LogP contribution in [-0.2, 0) is 11.4 Å². The van der Waals surface area contributed by atoms with Crippen LogP contribution in [0.15, 0.2) is 84.0 Å². The van der Waals surface area contributed by atoms with Gasteiger partial charge < -0.3 is 9.47 Å². The number of hydrogen-bond donors (Lipinski definition) is 1. The largest absolute Gasteiger partial charge is 0.488 e. The molecule has 4 aromatic carbocycles. The average Bonchev–Trinajstić information content (AvgIpc) is 2.85. The van der Waals surface area contributed by atoms with Crippen LogP contribution >= 0.6 is 23.2 Å². The summed E-state index contributed by atoms with van der Waals surface area (Å²) in [5.74, 6) is 0.150. The molecule has 0 aromatic heterocycles. The zero-order valence-corrected chi connectivity index (χ0v) is 20.2. The van der Waals surface area contributed by atoms with Crippen LogP contribution in [0.3, 0.4) is 0 Å². The van der Waals surface area contributed by atoms with Crippen LogP contribution in [0.4, 0.5) is 4.39 Å². The van der Waals surface area contributed by atoms with Crippen LogP contribution in [0.5, 0.6) is 11.5 Å². The van der Waals surface area contributed by atoms with E-state index in [1.54, 1.807) is 31.2 Å². The molecule has 0 fully saturated rings. The van der Waals surface area contributed by atoms with Crippen molar-refractivity contribution in [2.45, 2.75) is 19.6 Å². The molecule has 0 bridgehead atoms. The van der Waals surface area contributed by atoms with Gasteiger partial charge in [-0.2, -0.15) is 5.10 Å². The molecule has 1 amide bonds. The highest BCUT2D eigenvalue weighted by Crippen LogP contribution is 2.29. The lowest BCUT2D eigenvalue weighted by atomic mass is 10.0. The predicted molar refractivity (Wildman–Crippen MR) is 137 cm³/mol. The highest BCUT2D eigenvalue weighted by atomic mass is 35.5. The number of rotatable bonds is 8. The fourth-order valence-corrected chi connectivity index (χ4v) is 3.80. The molecule has 178 valence electrons. The van der Waals surface area contributed by atoms with Gasteiger partial charge in [-0.15, -0.1) is 0 Å². The van der Waals surface area contributed by atoms with Crippen molar-refractivity contribution in [3.05, 3.63) is 106 Å². The maximum absolute atomic E-state index is 13.2. The molecule has 0 aliphatic rings. The summed E-state index contributed by atoms with van der Waals surface area (Å²) in [6.07, 6.45) is 0.676. The zero-order chi connectivity index (χ0) is 24.8. The number of halogens is 3. The van der Waals surface area contributed by atoms with E-state index in [9.17, 15) is 9.18 Å². The summed E-state index contributed by atoms with van der Waals surface area (Å²) in [6.45, 7) is 1.84. The van der Waals surface area contributed by atoms with Crippen molar-refractivity contribution in [1.29, 1.82) is 0 Å². The van der Waals surface area contributed by atoms with E-state index in [-0.39, 0.29) is 12.4 Å². The van der Waals surface area contributed by atoms with Crippen molar-refractivity contribution < 1.29 is 18.7 Å². The summed E-state index contributed by atoms with van der Waals surface area (Å²) < 4.78 is 24.8. The van der Waals surface area contributed by atoms with E-state index >= 15 is 0 Å². The van der Waals surface area contributed by atoms with E-state index < -0.39 is 12.0 Å². The minimum absolute atomic E-state index is 0.249. The first-order chi connectivity index (χ1) is 16.9. The third kappa shape index (κ3) is 6.29. The third-order valence-corrected chi connectivity index (χ3v) is 5.70. The molecule has 0 aliphatic carbocycles. The Labute approximate surface area is 212 Å². The Morgan fingerprint density at radius 2 is 1.77 bits per heavy atom. The maximum atomic E-state index is 13.2. The number of carbonyl (C=O) groups excluding carboxylic acids is 1. The number of amides is 1. The lowest BCUT2D eigenvalue weighted by Gasteiger charge is -2.14. The van der Waals surface area contributed by atoms with E-state index in [0.717, 1.165) is 16.3 Å². The number of carbonyl (C=O) groups is 1. The molecule has 35 heavy (non-hydrogen) atoms. The second kappa shape index (κ2) is 11.2. The van der Waals surface area contributed by atoms with Gasteiger partial charge in [-0.1, -0.05) is 65.7 Å². The fourth-order valence-electron chi connectivity index (χ4n) is 3.34. The molecule has 0 radical (unpaired) electrons. The lowest BCUT2D eigenvalue weighted by Crippen LogP contribution is -2.33. The lowest BCUT2D eigenvalue weighted by molar-refractivity contribution is -0.127. The summed E-state index contributed by atoms with van der Waals surface area (Å²) in [4.78, 5) is 12.5. The van der Waals surface area contributed by atoms with Crippen LogP contribution in [0.25, 0.3) is 10.8 Å². The van der Waals surface area contributed by atoms with Gasteiger partial charge in [-0.25, -0.2) is 9.82 Å². The Kier molecular flexibility index (Phi) is 7.85. The standard InChI is InChI=1S/C27H21Cl2FN2O3/c1-17(35-26-13-9-20(28)14-24(26)29)27(33)32-31-15-23-22-5-3-2-4-19(22)8-12-25(23)34-16-18-6-10-21(30)11-7-18/h2-15,17H,16H2,1H3,(H,32,33)/b31-15-/t17-/m0/s1. The van der Waals surface area contributed by atoms with Crippen LogP contribution in [0.1, 0.15) is 18.1 Å². The van der Waals surface area contributed by atoms with Gasteiger partial charge in [0.15, 0.2) is 6.10 Å². The molecule has 1 atom stereocenters. The van der Waals surface area contributed by atoms with Crippen molar-refractivity contribution in [2.24, 2.45) is 5.10 Å². The van der Waals surface area contributed by atoms with Crippen molar-refractivity contribution in [1.82, 2.24) is 5.43 Å². The number of fused-ring (bicyclic) bond motifs is 1. The Bertz CT molecular complexity index is 1380. The van der Waals surface area contributed by atoms with Gasteiger partial charge in [0.2, 0.25) is 0 Å². The molecule has 0 heterocycles. The van der Waals surface area contributed by atoms with E-state index in [1.807, 2.05) is 36.4 Å². The van der Waals surface area contributed by atoms with Gasteiger partial charge in [0.25, 0.3) is 5.91 Å². The maximum Gasteiger partial charge on any atom is 0.280 e. The van der Waals surface area contributed by atoms with Gasteiger partial charge in [0.1, 0.15) is 23.9 Å². The van der Waals surface area contributed by atoms with Crippen LogP contribution in [-0.4, -0.2) is 18.2 Å². The second-order valence-electron chi connectivity index (χ2n) is 7.68. The molecule has 8 heteroatoms. The first-order valence-electron chi connectivity index (χ1n) is 10.7. The molecule has 4 aromatic rings. The van der Waals surface area contributed by atoms with Gasteiger partial charge in [0, 0.05) is 10.6 Å². The Balaban J connectivity index is 1.49. The Hall–Kier alpha value is -3.61. The highest BCUT2D eigenvalue weighted by molar-refractivity contribution is 6.35. The normalized spacial score (nSPS) is 12.0. The molecule has 0 spiro atoms. The molecule has 0 saturated heterocycles. The summed E-state index contributed by atoms with van der Waals surface area (Å²) in [5.41, 5.74) is 4.01. The van der Waals surface area contributed by atoms with Crippen LogP contribution in [0, 0.1) is 5.82 Å². The molecule has 4 rings (SSSR count). The minimum Gasteiger partial charge on any atom is -0.488 e. The predicted octanol–water partition coefficient (Wildman–Crippen LogP) is 6.78. The van der Waals surface area contributed by atoms with E-state index in [1.165, 1.54) is 24.4 Å². The minimum atomic E-state index is -0.854. The van der Waals surface area contributed by atoms with E-state index in [2.05, 4.69) is 10.5 Å². The van der Waals surface area contributed by atoms with Crippen molar-refractivity contribution in [3.8, 4) is 11.5 Å². The first kappa shape index (κ1) is 24.5. The summed E-state index contributed by atoms with van der Waals surface area (Å²) in [7, 11) is 0. The molecule has 0 unspecified atom stereocenters. The monoisotopic (exact) mass is 510 g/mol. The van der Waals surface area contributed by atoms with E-state index in [4.69, 9.17) is 32.7 Å². The molecular formula is C27H21Cl2FN2O3. The van der Waals surface area contributed by atoms with E-state index in [0.29, 0.717) is 27.1 Å². The zero-order valence-electron chi connectivity index (χ0n) is 18.7. The van der Waals surface area contributed by atoms with Crippen LogP contribution in [0.2, 0.25) is 10.0 Å². The van der Waals surface area contributed by atoms with Gasteiger partial charge >= 0.3 is 0 Å². The smallest absolute Gasteiger partial charge is 0.280 e. The summed E-state index contributed by atoms with van der Waals surface area (Å²) in [6, 6.07) is 22.4. The van der Waals surface area contributed by atoms with Gasteiger partial charge in [0.05, 0.1) is 11.2 Å². The quantitative estimate of drug-likeness (QED) is 0.210. The topological polar surface area (TPSA) is 59.9 Å². The second-order valence-corrected chi connectivity index (χ2v) is 8.53. The van der Waals surface area contributed by atoms with Crippen LogP contribution < -0.4 is 14.9 Å². The number of nitrogens with one attached hydrogen (secondary N) is 1. The molecule has 1 N–H and O–H groups in total. The third-order valence-electron chi connectivity index (χ3n) is 5.17. The summed E-state index contributed by atoms with van der Waals surface area (Å²) >= 11 is 12.0. The average molecular weight is 511 g/mol. The molecule has 5 nitrogen and oxygen atoms in total.